The molecule has 2 aromatic carbocycles. The zero-order chi connectivity index (χ0) is 23.9. The predicted octanol–water partition coefficient (Wildman–Crippen LogP) is 6.41. The van der Waals surface area contributed by atoms with Gasteiger partial charge in [0.1, 0.15) is 10.1 Å². The molecule has 4 rings (SSSR count). The third-order valence-electron chi connectivity index (χ3n) is 5.94. The van der Waals surface area contributed by atoms with E-state index in [1.54, 1.807) is 24.3 Å². The van der Waals surface area contributed by atoms with Crippen LogP contribution in [0.3, 0.4) is 0 Å². The molecule has 0 aliphatic heterocycles. The SMILES string of the molecule is O=C1CCC(NC(=O)c2cc(NC(=O)[C@H]3[C@H](c4cc(Cl)cc(Cl)c4)C3(Cl)Cl)ccc2Cl)CC1. The molecule has 2 fully saturated rings. The molecule has 0 heterocycles. The zero-order valence-electron chi connectivity index (χ0n) is 17.1. The Morgan fingerprint density at radius 3 is 2.21 bits per heavy atom. The molecule has 33 heavy (non-hydrogen) atoms. The largest absolute Gasteiger partial charge is 0.349 e. The standard InChI is InChI=1S/C23H19Cl5N2O3/c24-12-7-11(8-13(25)9-12)19-20(23(19,27)28)22(33)30-15-3-6-18(26)17(10-15)21(32)29-14-1-4-16(31)5-2-14/h3,6-10,14,19-20H,1-2,4-5H2,(H,29,32)(H,30,33)/t19-,20+/m0/s1. The molecule has 174 valence electrons. The number of carbonyl (C=O) groups is 3. The summed E-state index contributed by atoms with van der Waals surface area (Å²) < 4.78 is -1.32. The average Bonchev–Trinajstić information content (AvgIpc) is 3.32. The van der Waals surface area contributed by atoms with Gasteiger partial charge in [-0.2, -0.15) is 0 Å². The molecule has 0 radical (unpaired) electrons. The van der Waals surface area contributed by atoms with Crippen molar-refractivity contribution in [2.45, 2.75) is 42.0 Å². The van der Waals surface area contributed by atoms with Crippen LogP contribution in [0.5, 0.6) is 0 Å². The smallest absolute Gasteiger partial charge is 0.253 e. The van der Waals surface area contributed by atoms with Crippen molar-refractivity contribution in [3.8, 4) is 0 Å². The minimum absolute atomic E-state index is 0.0885. The van der Waals surface area contributed by atoms with Gasteiger partial charge in [-0.1, -0.05) is 34.8 Å². The van der Waals surface area contributed by atoms with Gasteiger partial charge in [-0.15, -0.1) is 23.2 Å². The van der Waals surface area contributed by atoms with Gasteiger partial charge in [-0.3, -0.25) is 14.4 Å². The minimum atomic E-state index is -1.32. The molecule has 0 spiro atoms. The van der Waals surface area contributed by atoms with E-state index in [1.165, 1.54) is 12.1 Å². The van der Waals surface area contributed by atoms with Crippen LogP contribution in [0.25, 0.3) is 0 Å². The Bertz CT molecular complexity index is 1110. The number of ketones is 1. The van der Waals surface area contributed by atoms with Crippen LogP contribution in [0.1, 0.15) is 47.5 Å². The first-order valence-electron chi connectivity index (χ1n) is 10.3. The Balaban J connectivity index is 1.46. The van der Waals surface area contributed by atoms with Crippen molar-refractivity contribution >= 4 is 81.3 Å². The average molecular weight is 549 g/mol. The Morgan fingerprint density at radius 1 is 0.939 bits per heavy atom. The lowest BCUT2D eigenvalue weighted by molar-refractivity contribution is -0.120. The number of carbonyl (C=O) groups excluding carboxylic acids is 3. The Morgan fingerprint density at radius 2 is 1.58 bits per heavy atom. The van der Waals surface area contributed by atoms with E-state index in [-0.39, 0.29) is 28.3 Å². The van der Waals surface area contributed by atoms with Crippen molar-refractivity contribution in [2.24, 2.45) is 5.92 Å². The Hall–Kier alpha value is -1.50. The fourth-order valence-electron chi connectivity index (χ4n) is 4.17. The molecule has 0 saturated heterocycles. The van der Waals surface area contributed by atoms with E-state index in [2.05, 4.69) is 10.6 Å². The van der Waals surface area contributed by atoms with Gasteiger partial charge in [-0.05, 0) is 54.8 Å². The number of anilines is 1. The molecular weight excluding hydrogens is 530 g/mol. The highest BCUT2D eigenvalue weighted by molar-refractivity contribution is 6.53. The normalized spacial score (nSPS) is 22.0. The molecule has 2 atom stereocenters. The summed E-state index contributed by atoms with van der Waals surface area (Å²) in [6.07, 6.45) is 2.10. The topological polar surface area (TPSA) is 75.3 Å². The lowest BCUT2D eigenvalue weighted by Gasteiger charge is -2.22. The second kappa shape index (κ2) is 9.63. The molecule has 5 nitrogen and oxygen atoms in total. The summed E-state index contributed by atoms with van der Waals surface area (Å²) in [5.41, 5.74) is 1.27. The second-order valence-electron chi connectivity index (χ2n) is 8.30. The number of halogens is 5. The number of nitrogens with one attached hydrogen (secondary N) is 2. The Labute approximate surface area is 216 Å². The number of alkyl halides is 2. The zero-order valence-corrected chi connectivity index (χ0v) is 20.9. The van der Waals surface area contributed by atoms with Crippen molar-refractivity contribution in [1.82, 2.24) is 5.32 Å². The van der Waals surface area contributed by atoms with E-state index in [4.69, 9.17) is 58.0 Å². The van der Waals surface area contributed by atoms with Crippen LogP contribution in [-0.2, 0) is 9.59 Å². The lowest BCUT2D eigenvalue weighted by atomic mass is 9.94. The quantitative estimate of drug-likeness (QED) is 0.424. The van der Waals surface area contributed by atoms with E-state index in [1.807, 2.05) is 0 Å². The molecule has 2 aliphatic rings. The number of benzene rings is 2. The molecule has 2 amide bonds. The first-order chi connectivity index (χ1) is 15.6. The van der Waals surface area contributed by atoms with Crippen molar-refractivity contribution < 1.29 is 14.4 Å². The molecule has 2 N–H and O–H groups in total. The van der Waals surface area contributed by atoms with Gasteiger partial charge in [0.25, 0.3) is 5.91 Å². The van der Waals surface area contributed by atoms with Crippen LogP contribution in [0, 0.1) is 5.92 Å². The van der Waals surface area contributed by atoms with Crippen molar-refractivity contribution in [3.63, 3.8) is 0 Å². The molecule has 2 aliphatic carbocycles. The van der Waals surface area contributed by atoms with E-state index in [9.17, 15) is 14.4 Å². The van der Waals surface area contributed by atoms with Gasteiger partial charge in [0.05, 0.1) is 16.5 Å². The molecule has 0 aromatic heterocycles. The van der Waals surface area contributed by atoms with E-state index in [0.29, 0.717) is 47.0 Å². The summed E-state index contributed by atoms with van der Waals surface area (Å²) in [5, 5.41) is 6.76. The van der Waals surface area contributed by atoms with Gasteiger partial charge in [0.15, 0.2) is 0 Å². The fourth-order valence-corrected chi connectivity index (χ4v) is 5.74. The maximum Gasteiger partial charge on any atom is 0.253 e. The second-order valence-corrected chi connectivity index (χ2v) is 11.0. The molecule has 0 unspecified atom stereocenters. The van der Waals surface area contributed by atoms with E-state index < -0.39 is 22.1 Å². The van der Waals surface area contributed by atoms with Crippen LogP contribution in [0.15, 0.2) is 36.4 Å². The van der Waals surface area contributed by atoms with Gasteiger partial charge in [0.2, 0.25) is 5.91 Å². The summed E-state index contributed by atoms with van der Waals surface area (Å²) in [6, 6.07) is 9.47. The van der Waals surface area contributed by atoms with Gasteiger partial charge in [0, 0.05) is 40.5 Å². The molecule has 10 heteroatoms. The summed E-state index contributed by atoms with van der Waals surface area (Å²) in [4.78, 5) is 37.1. The Kier molecular flexibility index (Phi) is 7.18. The van der Waals surface area contributed by atoms with E-state index in [0.717, 1.165) is 0 Å². The molecule has 0 bridgehead atoms. The number of rotatable bonds is 5. The van der Waals surface area contributed by atoms with Crippen molar-refractivity contribution in [3.05, 3.63) is 62.6 Å². The van der Waals surface area contributed by atoms with Gasteiger partial charge in [-0.25, -0.2) is 0 Å². The third kappa shape index (κ3) is 5.44. The summed E-state index contributed by atoms with van der Waals surface area (Å²) in [7, 11) is 0. The van der Waals surface area contributed by atoms with Crippen LogP contribution in [0.2, 0.25) is 15.1 Å². The fraction of sp³-hybridized carbons (Fsp3) is 0.348. The van der Waals surface area contributed by atoms with Crippen molar-refractivity contribution in [2.75, 3.05) is 5.32 Å². The summed E-state index contributed by atoms with van der Waals surface area (Å²) >= 11 is 31.2. The van der Waals surface area contributed by atoms with Crippen LogP contribution in [-0.4, -0.2) is 28.0 Å². The summed E-state index contributed by atoms with van der Waals surface area (Å²) in [6.45, 7) is 0. The van der Waals surface area contributed by atoms with Gasteiger partial charge < -0.3 is 10.6 Å². The number of amides is 2. The maximum atomic E-state index is 12.9. The molecular formula is C23H19Cl5N2O3. The predicted molar refractivity (Wildman–Crippen MR) is 132 cm³/mol. The highest BCUT2D eigenvalue weighted by Gasteiger charge is 2.67. The maximum absolute atomic E-state index is 12.9. The van der Waals surface area contributed by atoms with Crippen LogP contribution < -0.4 is 10.6 Å². The number of Topliss-reactive ketones (excluding diaryl/α,β-unsaturated/α-hetero) is 1. The summed E-state index contributed by atoms with van der Waals surface area (Å²) in [5.74, 6) is -1.78. The monoisotopic (exact) mass is 546 g/mol. The van der Waals surface area contributed by atoms with Crippen LogP contribution >= 0.6 is 58.0 Å². The van der Waals surface area contributed by atoms with E-state index >= 15 is 0 Å². The highest BCUT2D eigenvalue weighted by atomic mass is 35.5. The minimum Gasteiger partial charge on any atom is -0.349 e. The van der Waals surface area contributed by atoms with Crippen LogP contribution in [0.4, 0.5) is 5.69 Å². The number of hydrogen-bond donors (Lipinski definition) is 2. The first kappa shape index (κ1) is 24.6. The third-order valence-corrected chi connectivity index (χ3v) is 7.64. The molecule has 2 aromatic rings. The number of hydrogen-bond acceptors (Lipinski definition) is 3. The highest BCUT2D eigenvalue weighted by Crippen LogP contribution is 2.65. The first-order valence-corrected chi connectivity index (χ1v) is 12.2. The molecule has 2 saturated carbocycles. The van der Waals surface area contributed by atoms with Crippen molar-refractivity contribution in [1.29, 1.82) is 0 Å². The lowest BCUT2D eigenvalue weighted by Crippen LogP contribution is -2.37. The van der Waals surface area contributed by atoms with Gasteiger partial charge >= 0.3 is 0 Å².